The molecule has 5 nitrogen and oxygen atoms in total. The summed E-state index contributed by atoms with van der Waals surface area (Å²) < 4.78 is 0. The summed E-state index contributed by atoms with van der Waals surface area (Å²) in [5, 5.41) is 11.5. The minimum atomic E-state index is -0.207. The normalized spacial score (nSPS) is 9.89. The second-order valence-corrected chi connectivity index (χ2v) is 4.33. The Morgan fingerprint density at radius 2 is 2.26 bits per heavy atom. The molecule has 1 aromatic heterocycles. The first kappa shape index (κ1) is 15.2. The lowest BCUT2D eigenvalue weighted by Crippen LogP contribution is -2.27. The van der Waals surface area contributed by atoms with E-state index in [2.05, 4.69) is 27.0 Å². The lowest BCUT2D eigenvalue weighted by Gasteiger charge is -2.09. The zero-order chi connectivity index (χ0) is 14.1. The molecule has 0 fully saturated rings. The van der Waals surface area contributed by atoms with Crippen LogP contribution in [-0.4, -0.2) is 54.7 Å². The van der Waals surface area contributed by atoms with E-state index < -0.39 is 0 Å². The van der Waals surface area contributed by atoms with Crippen LogP contribution in [0.4, 0.5) is 0 Å². The first-order valence-electron chi connectivity index (χ1n) is 6.11. The molecule has 0 unspecified atom stereocenters. The van der Waals surface area contributed by atoms with Gasteiger partial charge in [-0.2, -0.15) is 0 Å². The van der Waals surface area contributed by atoms with Gasteiger partial charge in [-0.15, -0.1) is 0 Å². The Kier molecular flexibility index (Phi) is 6.58. The van der Waals surface area contributed by atoms with Gasteiger partial charge < -0.3 is 15.3 Å². The Labute approximate surface area is 113 Å². The number of aliphatic hydroxyl groups is 1. The molecule has 0 aliphatic rings. The summed E-state index contributed by atoms with van der Waals surface area (Å²) in [6.45, 7) is 1.35. The molecule has 19 heavy (non-hydrogen) atoms. The van der Waals surface area contributed by atoms with Gasteiger partial charge in [0, 0.05) is 24.5 Å². The van der Waals surface area contributed by atoms with Crippen LogP contribution in [0.15, 0.2) is 18.5 Å². The molecule has 0 saturated heterocycles. The van der Waals surface area contributed by atoms with Crippen LogP contribution in [0.1, 0.15) is 22.3 Å². The van der Waals surface area contributed by atoms with Crippen molar-refractivity contribution in [2.75, 3.05) is 33.8 Å². The molecular formula is C14H19N3O2. The highest BCUT2D eigenvalue weighted by atomic mass is 16.2. The van der Waals surface area contributed by atoms with Crippen molar-refractivity contribution in [2.45, 2.75) is 6.42 Å². The van der Waals surface area contributed by atoms with Crippen LogP contribution in [0.5, 0.6) is 0 Å². The highest BCUT2D eigenvalue weighted by Crippen LogP contribution is 2.01. The van der Waals surface area contributed by atoms with Crippen molar-refractivity contribution in [3.05, 3.63) is 29.6 Å². The third kappa shape index (κ3) is 6.00. The van der Waals surface area contributed by atoms with E-state index in [4.69, 9.17) is 5.11 Å². The van der Waals surface area contributed by atoms with E-state index in [0.29, 0.717) is 17.7 Å². The van der Waals surface area contributed by atoms with E-state index in [1.807, 2.05) is 14.1 Å². The highest BCUT2D eigenvalue weighted by molar-refractivity contribution is 5.94. The molecule has 102 valence electrons. The topological polar surface area (TPSA) is 65.5 Å². The maximum atomic E-state index is 11.9. The van der Waals surface area contributed by atoms with Gasteiger partial charge in [0.15, 0.2) is 0 Å². The third-order valence-corrected chi connectivity index (χ3v) is 2.38. The zero-order valence-electron chi connectivity index (χ0n) is 11.3. The van der Waals surface area contributed by atoms with Crippen molar-refractivity contribution in [1.29, 1.82) is 0 Å². The van der Waals surface area contributed by atoms with E-state index in [1.165, 1.54) is 6.20 Å². The predicted molar refractivity (Wildman–Crippen MR) is 73.7 cm³/mol. The molecule has 5 heteroatoms. The number of pyridine rings is 1. The van der Waals surface area contributed by atoms with Crippen LogP contribution >= 0.6 is 0 Å². The number of nitrogens with one attached hydrogen (secondary N) is 1. The molecule has 0 saturated carbocycles. The summed E-state index contributed by atoms with van der Waals surface area (Å²) in [6, 6.07) is 1.66. The lowest BCUT2D eigenvalue weighted by molar-refractivity contribution is 0.0952. The Morgan fingerprint density at radius 1 is 1.47 bits per heavy atom. The lowest BCUT2D eigenvalue weighted by atomic mass is 10.2. The SMILES string of the molecule is CN(C)CCCNC(=O)c1cncc(C#CCO)c1. The molecular weight excluding hydrogens is 242 g/mol. The molecule has 0 bridgehead atoms. The molecule has 1 heterocycles. The van der Waals surface area contributed by atoms with Gasteiger partial charge in [-0.05, 0) is 33.1 Å². The van der Waals surface area contributed by atoms with Crippen molar-refractivity contribution < 1.29 is 9.90 Å². The van der Waals surface area contributed by atoms with Gasteiger partial charge in [0.05, 0.1) is 5.56 Å². The molecule has 0 radical (unpaired) electrons. The Bertz CT molecular complexity index is 475. The van der Waals surface area contributed by atoms with Crippen molar-refractivity contribution in [3.63, 3.8) is 0 Å². The molecule has 1 rings (SSSR count). The number of carbonyl (C=O) groups is 1. The van der Waals surface area contributed by atoms with Crippen LogP contribution in [0, 0.1) is 11.8 Å². The molecule has 0 spiro atoms. The predicted octanol–water partition coefficient (Wildman–Crippen LogP) is 0.107. The second-order valence-electron chi connectivity index (χ2n) is 4.33. The molecule has 1 amide bonds. The van der Waals surface area contributed by atoms with E-state index in [1.54, 1.807) is 12.3 Å². The summed E-state index contributed by atoms with van der Waals surface area (Å²) in [7, 11) is 3.99. The summed E-state index contributed by atoms with van der Waals surface area (Å²) in [5.41, 5.74) is 1.10. The second kappa shape index (κ2) is 8.25. The van der Waals surface area contributed by atoms with E-state index in [-0.39, 0.29) is 12.5 Å². The Balaban J connectivity index is 2.52. The number of carbonyl (C=O) groups excluding carboxylic acids is 1. The van der Waals surface area contributed by atoms with Crippen LogP contribution < -0.4 is 5.32 Å². The quantitative estimate of drug-likeness (QED) is 0.583. The van der Waals surface area contributed by atoms with Crippen molar-refractivity contribution in [1.82, 2.24) is 15.2 Å². The maximum Gasteiger partial charge on any atom is 0.252 e. The Hall–Kier alpha value is -1.90. The molecule has 1 aromatic rings. The number of nitrogens with zero attached hydrogens (tertiary/aromatic N) is 2. The summed E-state index contributed by atoms with van der Waals surface area (Å²) >= 11 is 0. The first-order chi connectivity index (χ1) is 9.13. The van der Waals surface area contributed by atoms with Crippen LogP contribution in [-0.2, 0) is 0 Å². The van der Waals surface area contributed by atoms with E-state index in [9.17, 15) is 4.79 Å². The van der Waals surface area contributed by atoms with Gasteiger partial charge in [0.25, 0.3) is 5.91 Å². The van der Waals surface area contributed by atoms with Gasteiger partial charge >= 0.3 is 0 Å². The smallest absolute Gasteiger partial charge is 0.252 e. The average Bonchev–Trinajstić information content (AvgIpc) is 2.41. The van der Waals surface area contributed by atoms with Gasteiger partial charge in [0.1, 0.15) is 6.61 Å². The summed E-state index contributed by atoms with van der Waals surface area (Å²) in [6.07, 6.45) is 3.97. The van der Waals surface area contributed by atoms with Crippen LogP contribution in [0.2, 0.25) is 0 Å². The number of aromatic nitrogens is 1. The maximum absolute atomic E-state index is 11.9. The number of hydrogen-bond donors (Lipinski definition) is 2. The highest BCUT2D eigenvalue weighted by Gasteiger charge is 2.05. The molecule has 0 aliphatic heterocycles. The fourth-order valence-electron chi connectivity index (χ4n) is 1.47. The van der Waals surface area contributed by atoms with E-state index >= 15 is 0 Å². The number of hydrogen-bond acceptors (Lipinski definition) is 4. The summed E-state index contributed by atoms with van der Waals surface area (Å²) in [4.78, 5) is 17.9. The molecule has 0 aromatic carbocycles. The van der Waals surface area contributed by atoms with Crippen molar-refractivity contribution >= 4 is 5.91 Å². The molecule has 0 aliphatic carbocycles. The fraction of sp³-hybridized carbons (Fsp3) is 0.429. The van der Waals surface area contributed by atoms with Gasteiger partial charge in [0.2, 0.25) is 0 Å². The van der Waals surface area contributed by atoms with Crippen LogP contribution in [0.3, 0.4) is 0 Å². The molecule has 0 atom stereocenters. The fourth-order valence-corrected chi connectivity index (χ4v) is 1.47. The van der Waals surface area contributed by atoms with Crippen molar-refractivity contribution in [2.24, 2.45) is 0 Å². The van der Waals surface area contributed by atoms with Gasteiger partial charge in [-0.3, -0.25) is 9.78 Å². The molecule has 2 N–H and O–H groups in total. The minimum Gasteiger partial charge on any atom is -0.384 e. The third-order valence-electron chi connectivity index (χ3n) is 2.38. The van der Waals surface area contributed by atoms with Gasteiger partial charge in [-0.1, -0.05) is 11.8 Å². The van der Waals surface area contributed by atoms with Crippen molar-refractivity contribution in [3.8, 4) is 11.8 Å². The standard InChI is InChI=1S/C14H19N3O2/c1-17(2)7-4-6-16-14(19)13-9-12(5-3-8-18)10-15-11-13/h9-11,18H,4,6-8H2,1-2H3,(H,16,19). The number of rotatable bonds is 5. The average molecular weight is 261 g/mol. The Morgan fingerprint density at radius 3 is 2.95 bits per heavy atom. The van der Waals surface area contributed by atoms with E-state index in [0.717, 1.165) is 13.0 Å². The number of amides is 1. The zero-order valence-corrected chi connectivity index (χ0v) is 11.3. The monoisotopic (exact) mass is 261 g/mol. The largest absolute Gasteiger partial charge is 0.384 e. The first-order valence-corrected chi connectivity index (χ1v) is 6.11. The minimum absolute atomic E-state index is 0.154. The van der Waals surface area contributed by atoms with Gasteiger partial charge in [-0.25, -0.2) is 0 Å². The summed E-state index contributed by atoms with van der Waals surface area (Å²) in [5.74, 6) is 5.09. The number of aliphatic hydroxyl groups excluding tert-OH is 1. The van der Waals surface area contributed by atoms with Crippen LogP contribution in [0.25, 0.3) is 0 Å².